The summed E-state index contributed by atoms with van der Waals surface area (Å²) in [5.41, 5.74) is 8.68. The first-order valence-corrected chi connectivity index (χ1v) is 8.81. The van der Waals surface area contributed by atoms with E-state index in [0.717, 1.165) is 11.1 Å². The lowest BCUT2D eigenvalue weighted by molar-refractivity contribution is -0.274. The molecule has 0 fully saturated rings. The van der Waals surface area contributed by atoms with E-state index in [-0.39, 0.29) is 18.2 Å². The Kier molecular flexibility index (Phi) is 7.97. The van der Waals surface area contributed by atoms with Crippen molar-refractivity contribution in [2.24, 2.45) is 5.73 Å². The zero-order chi connectivity index (χ0) is 20.9. The number of rotatable bonds is 7. The zero-order valence-electron chi connectivity index (χ0n) is 16.1. The lowest BCUT2D eigenvalue weighted by atomic mass is 9.99. The second kappa shape index (κ2) is 10.2. The number of hydrogen-bond donors (Lipinski definition) is 1. The third-order valence-corrected chi connectivity index (χ3v) is 4.26. The Morgan fingerprint density at radius 2 is 1.50 bits per heavy atom. The smallest absolute Gasteiger partial charge is 0.493 e. The Morgan fingerprint density at radius 1 is 0.867 bits per heavy atom. The van der Waals surface area contributed by atoms with Crippen LogP contribution in [-0.4, -0.2) is 13.5 Å². The van der Waals surface area contributed by atoms with Crippen LogP contribution < -0.4 is 19.9 Å². The van der Waals surface area contributed by atoms with Crippen LogP contribution in [0, 0.1) is 0 Å². The molecule has 0 bridgehead atoms. The molecular formula is C22H21ClF3NO3. The Balaban J connectivity index is 0.00000320. The predicted octanol–water partition coefficient (Wildman–Crippen LogP) is 5.64. The molecule has 160 valence electrons. The third kappa shape index (κ3) is 6.30. The molecule has 0 radical (unpaired) electrons. The molecule has 3 aromatic rings. The molecule has 1 atom stereocenters. The normalized spacial score (nSPS) is 11.9. The van der Waals surface area contributed by atoms with Crippen molar-refractivity contribution >= 4 is 12.4 Å². The quantitative estimate of drug-likeness (QED) is 0.517. The standard InChI is InChI=1S/C22H20F3NO3.ClH/c1-27-19-12-9-17(13-20(19)28-14-15-5-3-2-4-6-15)21(26)16-7-10-18(11-8-16)29-22(23,24)25;/h2-13,21H,14,26H2,1H3;1H/t21-;/m0./s1. The fourth-order valence-electron chi connectivity index (χ4n) is 2.80. The van der Waals surface area contributed by atoms with Gasteiger partial charge in [-0.3, -0.25) is 0 Å². The number of hydrogen-bond acceptors (Lipinski definition) is 4. The number of alkyl halides is 3. The van der Waals surface area contributed by atoms with Crippen molar-refractivity contribution in [2.75, 3.05) is 7.11 Å². The summed E-state index contributed by atoms with van der Waals surface area (Å²) >= 11 is 0. The molecule has 0 saturated carbocycles. The van der Waals surface area contributed by atoms with Gasteiger partial charge in [-0.1, -0.05) is 48.5 Å². The highest BCUT2D eigenvalue weighted by Crippen LogP contribution is 2.33. The molecule has 3 rings (SSSR count). The van der Waals surface area contributed by atoms with E-state index in [1.807, 2.05) is 30.3 Å². The average Bonchev–Trinajstić information content (AvgIpc) is 2.71. The molecule has 0 aromatic heterocycles. The van der Waals surface area contributed by atoms with Crippen molar-refractivity contribution in [1.29, 1.82) is 0 Å². The van der Waals surface area contributed by atoms with Crippen molar-refractivity contribution < 1.29 is 27.4 Å². The van der Waals surface area contributed by atoms with E-state index in [1.54, 1.807) is 25.3 Å². The minimum Gasteiger partial charge on any atom is -0.493 e. The molecule has 0 aliphatic carbocycles. The fraction of sp³-hybridized carbons (Fsp3) is 0.182. The molecule has 3 aromatic carbocycles. The molecule has 4 nitrogen and oxygen atoms in total. The fourth-order valence-corrected chi connectivity index (χ4v) is 2.80. The van der Waals surface area contributed by atoms with Crippen molar-refractivity contribution in [3.05, 3.63) is 89.5 Å². The van der Waals surface area contributed by atoms with Crippen LogP contribution in [0.5, 0.6) is 17.2 Å². The minimum atomic E-state index is -4.73. The monoisotopic (exact) mass is 439 g/mol. The van der Waals surface area contributed by atoms with E-state index in [1.165, 1.54) is 24.3 Å². The highest BCUT2D eigenvalue weighted by molar-refractivity contribution is 5.85. The van der Waals surface area contributed by atoms with Crippen LogP contribution in [0.15, 0.2) is 72.8 Å². The number of benzene rings is 3. The van der Waals surface area contributed by atoms with Gasteiger partial charge in [-0.2, -0.15) is 0 Å². The lowest BCUT2D eigenvalue weighted by Gasteiger charge is -2.17. The molecule has 0 spiro atoms. The first-order chi connectivity index (χ1) is 13.9. The number of ether oxygens (including phenoxy) is 3. The van der Waals surface area contributed by atoms with Gasteiger partial charge in [-0.15, -0.1) is 25.6 Å². The van der Waals surface area contributed by atoms with Gasteiger partial charge in [0.1, 0.15) is 12.4 Å². The first-order valence-electron chi connectivity index (χ1n) is 8.81. The van der Waals surface area contributed by atoms with Crippen molar-refractivity contribution in [3.63, 3.8) is 0 Å². The maximum atomic E-state index is 12.3. The van der Waals surface area contributed by atoms with Gasteiger partial charge in [0, 0.05) is 0 Å². The van der Waals surface area contributed by atoms with Crippen LogP contribution in [0.4, 0.5) is 13.2 Å². The highest BCUT2D eigenvalue weighted by Gasteiger charge is 2.31. The van der Waals surface area contributed by atoms with Crippen LogP contribution in [0.25, 0.3) is 0 Å². The SMILES string of the molecule is COc1ccc([C@@H](N)c2ccc(OC(F)(F)F)cc2)cc1OCc1ccccc1.Cl. The molecule has 30 heavy (non-hydrogen) atoms. The number of methoxy groups -OCH3 is 1. The van der Waals surface area contributed by atoms with Gasteiger partial charge in [0.25, 0.3) is 0 Å². The molecule has 0 aliphatic rings. The van der Waals surface area contributed by atoms with E-state index in [4.69, 9.17) is 15.2 Å². The molecule has 0 aliphatic heterocycles. The van der Waals surface area contributed by atoms with E-state index < -0.39 is 12.4 Å². The van der Waals surface area contributed by atoms with Crippen LogP contribution in [0.1, 0.15) is 22.7 Å². The maximum Gasteiger partial charge on any atom is 0.573 e. The number of nitrogens with two attached hydrogens (primary N) is 1. The summed E-state index contributed by atoms with van der Waals surface area (Å²) in [4.78, 5) is 0. The van der Waals surface area contributed by atoms with E-state index in [0.29, 0.717) is 23.7 Å². The summed E-state index contributed by atoms with van der Waals surface area (Å²) in [6.45, 7) is 0.360. The average molecular weight is 440 g/mol. The molecule has 0 amide bonds. The Labute approximate surface area is 178 Å². The Bertz CT molecular complexity index is 935. The van der Waals surface area contributed by atoms with Crippen LogP contribution in [0.3, 0.4) is 0 Å². The second-order valence-electron chi connectivity index (χ2n) is 6.28. The maximum absolute atomic E-state index is 12.3. The molecule has 0 unspecified atom stereocenters. The molecule has 8 heteroatoms. The summed E-state index contributed by atoms with van der Waals surface area (Å²) < 4.78 is 52.0. The van der Waals surface area contributed by atoms with Crippen LogP contribution in [0.2, 0.25) is 0 Å². The van der Waals surface area contributed by atoms with Gasteiger partial charge in [0.2, 0.25) is 0 Å². The van der Waals surface area contributed by atoms with E-state index >= 15 is 0 Å². The van der Waals surface area contributed by atoms with Crippen LogP contribution in [-0.2, 0) is 6.61 Å². The van der Waals surface area contributed by atoms with Gasteiger partial charge in [-0.05, 0) is 41.0 Å². The summed E-state index contributed by atoms with van der Waals surface area (Å²) in [7, 11) is 1.55. The van der Waals surface area contributed by atoms with E-state index in [9.17, 15) is 13.2 Å². The molecule has 2 N–H and O–H groups in total. The molecule has 0 heterocycles. The van der Waals surface area contributed by atoms with Crippen LogP contribution >= 0.6 is 12.4 Å². The Morgan fingerprint density at radius 3 is 2.10 bits per heavy atom. The summed E-state index contributed by atoms with van der Waals surface area (Å²) in [5, 5.41) is 0. The molecular weight excluding hydrogens is 419 g/mol. The lowest BCUT2D eigenvalue weighted by Crippen LogP contribution is -2.17. The van der Waals surface area contributed by atoms with Crippen molar-refractivity contribution in [3.8, 4) is 17.2 Å². The number of halogens is 4. The minimum absolute atomic E-state index is 0. The second-order valence-corrected chi connectivity index (χ2v) is 6.28. The van der Waals surface area contributed by atoms with Gasteiger partial charge >= 0.3 is 6.36 Å². The van der Waals surface area contributed by atoms with Gasteiger partial charge in [0.15, 0.2) is 11.5 Å². The van der Waals surface area contributed by atoms with E-state index in [2.05, 4.69) is 4.74 Å². The van der Waals surface area contributed by atoms with Gasteiger partial charge in [0.05, 0.1) is 13.2 Å². The van der Waals surface area contributed by atoms with Gasteiger partial charge in [-0.25, -0.2) is 0 Å². The predicted molar refractivity (Wildman–Crippen MR) is 110 cm³/mol. The largest absolute Gasteiger partial charge is 0.573 e. The third-order valence-electron chi connectivity index (χ3n) is 4.26. The zero-order valence-corrected chi connectivity index (χ0v) is 16.9. The Hall–Kier alpha value is -2.90. The highest BCUT2D eigenvalue weighted by atomic mass is 35.5. The topological polar surface area (TPSA) is 53.7 Å². The first kappa shape index (κ1) is 23.4. The molecule has 0 saturated heterocycles. The summed E-state index contributed by atoms with van der Waals surface area (Å²) in [6, 6.07) is 19.9. The summed E-state index contributed by atoms with van der Waals surface area (Å²) in [5.74, 6) is 0.794. The van der Waals surface area contributed by atoms with Gasteiger partial charge < -0.3 is 19.9 Å². The summed E-state index contributed by atoms with van der Waals surface area (Å²) in [6.07, 6.45) is -4.73. The van der Waals surface area contributed by atoms with Crippen molar-refractivity contribution in [1.82, 2.24) is 0 Å². The van der Waals surface area contributed by atoms with Crippen molar-refractivity contribution in [2.45, 2.75) is 19.0 Å².